The summed E-state index contributed by atoms with van der Waals surface area (Å²) in [6.07, 6.45) is 7.85. The fourth-order valence-electron chi connectivity index (χ4n) is 2.27. The number of benzene rings is 2. The molecule has 0 aliphatic rings. The molecular weight excluding hydrogens is 470 g/mol. The normalized spacial score (nSPS) is 10.9. The summed E-state index contributed by atoms with van der Waals surface area (Å²) in [5.74, 6) is 1.01. The number of ether oxygens (including phenoxy) is 1. The minimum absolute atomic E-state index is 0.0655. The molecule has 0 bridgehead atoms. The average Bonchev–Trinajstić information content (AvgIpc) is 2.62. The van der Waals surface area contributed by atoms with E-state index in [1.807, 2.05) is 0 Å². The molecule has 2 rings (SSSR count). The smallest absolute Gasteiger partial charge is 0.494 e. The number of hydrogen-bond acceptors (Lipinski definition) is 1. The van der Waals surface area contributed by atoms with Gasteiger partial charge in [-0.05, 0) is 42.8 Å². The van der Waals surface area contributed by atoms with Crippen LogP contribution in [0.4, 0.5) is 17.3 Å². The first-order chi connectivity index (χ1) is 12.9. The Hall–Kier alpha value is -1.25. The van der Waals surface area contributed by atoms with Crippen LogP contribution in [0.1, 0.15) is 45.4 Å². The van der Waals surface area contributed by atoms with Gasteiger partial charge in [-0.15, -0.1) is 0 Å². The molecule has 27 heavy (non-hydrogen) atoms. The molecule has 0 saturated heterocycles. The summed E-state index contributed by atoms with van der Waals surface area (Å²) in [4.78, 5) is 0. The van der Waals surface area contributed by atoms with Gasteiger partial charge in [0, 0.05) is 0 Å². The van der Waals surface area contributed by atoms with Crippen molar-refractivity contribution in [2.75, 3.05) is 6.61 Å². The van der Waals surface area contributed by atoms with Gasteiger partial charge < -0.3 is 22.0 Å². The van der Waals surface area contributed by atoms with Gasteiger partial charge in [0.15, 0.2) is 7.14 Å². The van der Waals surface area contributed by atoms with E-state index < -0.39 is 7.25 Å². The highest BCUT2D eigenvalue weighted by Crippen LogP contribution is 2.10. The van der Waals surface area contributed by atoms with Gasteiger partial charge >= 0.3 is 28.5 Å². The van der Waals surface area contributed by atoms with Crippen molar-refractivity contribution in [3.05, 3.63) is 61.7 Å². The highest BCUT2D eigenvalue weighted by atomic mass is 127. The molecule has 0 atom stereocenters. The molecule has 0 aliphatic carbocycles. The maximum Gasteiger partial charge on any atom is 0.673 e. The van der Waals surface area contributed by atoms with Crippen LogP contribution in [0.2, 0.25) is 0 Å². The summed E-state index contributed by atoms with van der Waals surface area (Å²) in [6, 6.07) is 19.4. The summed E-state index contributed by atoms with van der Waals surface area (Å²) in [6.45, 7) is 3.10. The Labute approximate surface area is 169 Å². The largest absolute Gasteiger partial charge is 0.673 e. The Morgan fingerprint density at radius 3 is 1.85 bits per heavy atom. The standard InChI is InChI=1S/C20H26IO.BF4/c1-2-3-4-5-6-10-17-22-20-15-13-19(14-16-20)21-18-11-8-7-9-12-18;2-1(3,4)5/h7-9,11-16H,2-6,10,17H2,1H3;/q+1;-1. The zero-order chi connectivity index (χ0) is 20.0. The van der Waals surface area contributed by atoms with Gasteiger partial charge in [0.05, 0.1) is 6.61 Å². The van der Waals surface area contributed by atoms with Crippen LogP contribution in [0, 0.1) is 7.14 Å². The van der Waals surface area contributed by atoms with Crippen molar-refractivity contribution < 1.29 is 43.2 Å². The van der Waals surface area contributed by atoms with Gasteiger partial charge in [-0.1, -0.05) is 57.2 Å². The van der Waals surface area contributed by atoms with E-state index in [2.05, 4.69) is 61.5 Å². The van der Waals surface area contributed by atoms with E-state index in [1.54, 1.807) is 0 Å². The van der Waals surface area contributed by atoms with Crippen LogP contribution in [0.5, 0.6) is 5.75 Å². The number of hydrogen-bond donors (Lipinski definition) is 0. The molecule has 0 fully saturated rings. The molecule has 0 spiro atoms. The predicted molar refractivity (Wildman–Crippen MR) is 99.3 cm³/mol. The molecule has 0 heterocycles. The summed E-state index contributed by atoms with van der Waals surface area (Å²) in [5, 5.41) is 0. The summed E-state index contributed by atoms with van der Waals surface area (Å²) < 4.78 is 47.7. The lowest BCUT2D eigenvalue weighted by Crippen LogP contribution is -3.61. The second-order valence-corrected chi connectivity index (χ2v) is 8.99. The molecular formula is C20H26BF4IO. The topological polar surface area (TPSA) is 9.23 Å². The Morgan fingerprint density at radius 2 is 1.26 bits per heavy atom. The number of rotatable bonds is 10. The van der Waals surface area contributed by atoms with E-state index in [4.69, 9.17) is 4.74 Å². The third kappa shape index (κ3) is 14.5. The van der Waals surface area contributed by atoms with E-state index in [9.17, 15) is 17.3 Å². The van der Waals surface area contributed by atoms with Crippen LogP contribution in [0.25, 0.3) is 0 Å². The molecule has 7 heteroatoms. The fourth-order valence-corrected chi connectivity index (χ4v) is 4.48. The van der Waals surface area contributed by atoms with Crippen molar-refractivity contribution >= 4 is 7.25 Å². The Kier molecular flexibility index (Phi) is 12.2. The number of halogens is 5. The van der Waals surface area contributed by atoms with Crippen LogP contribution in [-0.2, 0) is 0 Å². The molecule has 0 aromatic heterocycles. The van der Waals surface area contributed by atoms with Crippen molar-refractivity contribution in [3.63, 3.8) is 0 Å². The van der Waals surface area contributed by atoms with Crippen molar-refractivity contribution in [2.24, 2.45) is 0 Å². The monoisotopic (exact) mass is 496 g/mol. The molecule has 0 N–H and O–H groups in total. The number of unbranched alkanes of at least 4 members (excludes halogenated alkanes) is 5. The van der Waals surface area contributed by atoms with Crippen molar-refractivity contribution in [1.29, 1.82) is 0 Å². The molecule has 2 aromatic carbocycles. The molecule has 0 unspecified atom stereocenters. The minimum atomic E-state index is -6.00. The Morgan fingerprint density at radius 1 is 0.741 bits per heavy atom. The lowest BCUT2D eigenvalue weighted by molar-refractivity contribution is -0.597. The molecule has 0 amide bonds. The van der Waals surface area contributed by atoms with Gasteiger partial charge in [-0.3, -0.25) is 0 Å². The quantitative estimate of drug-likeness (QED) is 0.210. The van der Waals surface area contributed by atoms with E-state index in [-0.39, 0.29) is 21.2 Å². The van der Waals surface area contributed by atoms with Crippen LogP contribution in [0.3, 0.4) is 0 Å². The highest BCUT2D eigenvalue weighted by molar-refractivity contribution is 6.50. The molecule has 0 radical (unpaired) electrons. The predicted octanol–water partition coefficient (Wildman–Crippen LogP) is 3.85. The van der Waals surface area contributed by atoms with E-state index >= 15 is 0 Å². The van der Waals surface area contributed by atoms with Crippen molar-refractivity contribution in [2.45, 2.75) is 45.4 Å². The van der Waals surface area contributed by atoms with E-state index in [0.717, 1.165) is 12.4 Å². The van der Waals surface area contributed by atoms with Crippen LogP contribution in [-0.4, -0.2) is 13.9 Å². The zero-order valence-corrected chi connectivity index (χ0v) is 17.7. The maximum absolute atomic E-state index is 9.75. The third-order valence-corrected chi connectivity index (χ3v) is 6.22. The van der Waals surface area contributed by atoms with E-state index in [1.165, 1.54) is 45.7 Å². The van der Waals surface area contributed by atoms with Crippen molar-refractivity contribution in [3.8, 4) is 5.75 Å². The summed E-state index contributed by atoms with van der Waals surface area (Å²) in [7, 11) is -6.00. The molecule has 2 aromatic rings. The lowest BCUT2D eigenvalue weighted by atomic mass is 10.1. The minimum Gasteiger partial charge on any atom is -0.494 e. The van der Waals surface area contributed by atoms with Gasteiger partial charge in [0.1, 0.15) is 5.75 Å². The van der Waals surface area contributed by atoms with Gasteiger partial charge in [0.2, 0.25) is 0 Å². The fraction of sp³-hybridized carbons (Fsp3) is 0.400. The van der Waals surface area contributed by atoms with Crippen LogP contribution >= 0.6 is 0 Å². The molecule has 1 nitrogen and oxygen atoms in total. The summed E-state index contributed by atoms with van der Waals surface area (Å²) in [5.41, 5.74) is 0. The van der Waals surface area contributed by atoms with Crippen molar-refractivity contribution in [1.82, 2.24) is 0 Å². The molecule has 0 saturated carbocycles. The average molecular weight is 496 g/mol. The Bertz CT molecular complexity index is 600. The molecule has 150 valence electrons. The zero-order valence-electron chi connectivity index (χ0n) is 15.5. The van der Waals surface area contributed by atoms with Gasteiger partial charge in [-0.2, -0.15) is 0 Å². The molecule has 0 aliphatic heterocycles. The highest BCUT2D eigenvalue weighted by Gasteiger charge is 2.20. The first-order valence-corrected chi connectivity index (χ1v) is 11.3. The Balaban J connectivity index is 0.000000646. The van der Waals surface area contributed by atoms with Gasteiger partial charge in [-0.25, -0.2) is 0 Å². The summed E-state index contributed by atoms with van der Waals surface area (Å²) >= 11 is -0.0655. The van der Waals surface area contributed by atoms with Crippen LogP contribution < -0.4 is 25.9 Å². The maximum atomic E-state index is 9.75. The van der Waals surface area contributed by atoms with E-state index in [0.29, 0.717) is 0 Å². The van der Waals surface area contributed by atoms with Gasteiger partial charge in [0.25, 0.3) is 0 Å². The second kappa shape index (κ2) is 13.9. The third-order valence-electron chi connectivity index (χ3n) is 3.53. The first-order valence-electron chi connectivity index (χ1n) is 9.18. The SMILES string of the molecule is CCCCCCCCOc1ccc([I+]c2ccccc2)cc1.F[B-](F)(F)F. The van der Waals surface area contributed by atoms with Crippen LogP contribution in [0.15, 0.2) is 54.6 Å². The first kappa shape index (κ1) is 23.8. The second-order valence-electron chi connectivity index (χ2n) is 5.96. The lowest BCUT2D eigenvalue weighted by Gasteiger charge is -2.05.